The van der Waals surface area contributed by atoms with Gasteiger partial charge in [0.1, 0.15) is 11.6 Å². The first-order valence-corrected chi connectivity index (χ1v) is 4.37. The fraction of sp³-hybridized carbons (Fsp3) is 0.400. The molecule has 0 aliphatic heterocycles. The largest absolute Gasteiger partial charge is 0.328 e. The predicted octanol–water partition coefficient (Wildman–Crippen LogP) is 2.59. The van der Waals surface area contributed by atoms with Crippen molar-refractivity contribution in [3.8, 4) is 0 Å². The van der Waals surface area contributed by atoms with Crippen LogP contribution < -0.4 is 5.73 Å². The summed E-state index contributed by atoms with van der Waals surface area (Å²) >= 11 is 0. The zero-order valence-electron chi connectivity index (χ0n) is 7.54. The summed E-state index contributed by atoms with van der Waals surface area (Å²) in [5.41, 5.74) is 6.19. The van der Waals surface area contributed by atoms with E-state index in [1.165, 1.54) is 12.1 Å². The van der Waals surface area contributed by atoms with Crippen LogP contribution in [0.25, 0.3) is 0 Å². The molecule has 0 saturated heterocycles. The maximum Gasteiger partial charge on any atom is 0.129 e. The highest BCUT2D eigenvalue weighted by Crippen LogP contribution is 2.36. The molecule has 1 aliphatic carbocycles. The van der Waals surface area contributed by atoms with E-state index in [2.05, 4.69) is 0 Å². The summed E-state index contributed by atoms with van der Waals surface area (Å²) in [5, 5.41) is 0. The average molecular weight is 220 g/mol. The Morgan fingerprint density at radius 1 is 1.21 bits per heavy atom. The first-order valence-electron chi connectivity index (χ1n) is 4.37. The van der Waals surface area contributed by atoms with E-state index in [1.807, 2.05) is 0 Å². The average Bonchev–Trinajstić information content (AvgIpc) is 2.00. The van der Waals surface area contributed by atoms with Crippen molar-refractivity contribution < 1.29 is 8.78 Å². The van der Waals surface area contributed by atoms with Crippen LogP contribution in [-0.2, 0) is 0 Å². The van der Waals surface area contributed by atoms with Gasteiger partial charge in [0.15, 0.2) is 0 Å². The first kappa shape index (κ1) is 11.4. The number of nitrogens with two attached hydrogens (primary N) is 1. The van der Waals surface area contributed by atoms with Gasteiger partial charge in [0, 0.05) is 12.1 Å². The lowest BCUT2D eigenvalue weighted by Gasteiger charge is -2.32. The number of benzene rings is 1. The molecule has 0 bridgehead atoms. The molecule has 1 aromatic rings. The van der Waals surface area contributed by atoms with Gasteiger partial charge in [-0.2, -0.15) is 0 Å². The summed E-state index contributed by atoms with van der Waals surface area (Å²) in [6.45, 7) is 0. The summed E-state index contributed by atoms with van der Waals surface area (Å²) in [4.78, 5) is 0. The van der Waals surface area contributed by atoms with Crippen molar-refractivity contribution in [1.29, 1.82) is 0 Å². The van der Waals surface area contributed by atoms with E-state index >= 15 is 0 Å². The van der Waals surface area contributed by atoms with Gasteiger partial charge in [0.05, 0.1) is 0 Å². The van der Waals surface area contributed by atoms with Crippen LogP contribution in [0.4, 0.5) is 8.78 Å². The van der Waals surface area contributed by atoms with Gasteiger partial charge in [-0.25, -0.2) is 8.78 Å². The minimum atomic E-state index is -0.523. The van der Waals surface area contributed by atoms with Crippen LogP contribution in [0.2, 0.25) is 0 Å². The Morgan fingerprint density at radius 3 is 2.36 bits per heavy atom. The third-order valence-corrected chi connectivity index (χ3v) is 2.58. The highest BCUT2D eigenvalue weighted by atomic mass is 35.5. The second-order valence-corrected chi connectivity index (χ2v) is 3.59. The van der Waals surface area contributed by atoms with Gasteiger partial charge in [-0.05, 0) is 30.4 Å². The lowest BCUT2D eigenvalue weighted by Crippen LogP contribution is -2.35. The lowest BCUT2D eigenvalue weighted by atomic mass is 9.76. The van der Waals surface area contributed by atoms with Gasteiger partial charge in [-0.1, -0.05) is 6.07 Å². The van der Waals surface area contributed by atoms with Gasteiger partial charge in [-0.3, -0.25) is 0 Å². The number of hydrogen-bond donors (Lipinski definition) is 1. The fourth-order valence-corrected chi connectivity index (χ4v) is 1.75. The van der Waals surface area contributed by atoms with Gasteiger partial charge in [0.25, 0.3) is 0 Å². The zero-order valence-corrected chi connectivity index (χ0v) is 8.36. The molecule has 2 rings (SSSR count). The van der Waals surface area contributed by atoms with Crippen LogP contribution >= 0.6 is 12.4 Å². The van der Waals surface area contributed by atoms with Crippen LogP contribution in [0.5, 0.6) is 0 Å². The van der Waals surface area contributed by atoms with Gasteiger partial charge in [-0.15, -0.1) is 12.4 Å². The molecule has 2 N–H and O–H groups in total. The molecule has 1 saturated carbocycles. The molecular weight excluding hydrogens is 208 g/mol. The van der Waals surface area contributed by atoms with Crippen molar-refractivity contribution in [2.24, 2.45) is 5.73 Å². The van der Waals surface area contributed by atoms with Crippen molar-refractivity contribution in [3.05, 3.63) is 35.4 Å². The summed E-state index contributed by atoms with van der Waals surface area (Å²) < 4.78 is 25.7. The number of rotatable bonds is 1. The second-order valence-electron chi connectivity index (χ2n) is 3.59. The molecule has 1 nitrogen and oxygen atoms in total. The van der Waals surface area contributed by atoms with Gasteiger partial charge in [0.2, 0.25) is 0 Å². The van der Waals surface area contributed by atoms with E-state index in [0.29, 0.717) is 5.56 Å². The third-order valence-electron chi connectivity index (χ3n) is 2.58. The molecule has 1 fully saturated rings. The summed E-state index contributed by atoms with van der Waals surface area (Å²) in [6.07, 6.45) is 1.62. The topological polar surface area (TPSA) is 26.0 Å². The molecule has 1 aromatic carbocycles. The molecule has 0 amide bonds. The number of hydrogen-bond acceptors (Lipinski definition) is 1. The van der Waals surface area contributed by atoms with E-state index in [1.54, 1.807) is 0 Å². The Hall–Kier alpha value is -0.670. The Bertz CT molecular complexity index is 324. The Balaban J connectivity index is 0.000000980. The first-order chi connectivity index (χ1) is 6.16. The summed E-state index contributed by atoms with van der Waals surface area (Å²) in [7, 11) is 0. The summed E-state index contributed by atoms with van der Waals surface area (Å²) in [5.74, 6) is -0.780. The Labute approximate surface area is 87.7 Å². The SMILES string of the molecule is Cl.NC1CC(c2ccc(F)cc2F)C1. The smallest absolute Gasteiger partial charge is 0.129 e. The molecule has 0 aromatic heterocycles. The monoisotopic (exact) mass is 219 g/mol. The predicted molar refractivity (Wildman–Crippen MR) is 53.6 cm³/mol. The molecule has 0 radical (unpaired) electrons. The van der Waals surface area contributed by atoms with Crippen LogP contribution in [0, 0.1) is 11.6 Å². The second kappa shape index (κ2) is 4.24. The molecule has 4 heteroatoms. The van der Waals surface area contributed by atoms with Gasteiger partial charge < -0.3 is 5.73 Å². The van der Waals surface area contributed by atoms with E-state index in [9.17, 15) is 8.78 Å². The van der Waals surface area contributed by atoms with E-state index in [0.717, 1.165) is 18.9 Å². The normalized spacial score (nSPS) is 25.1. The highest BCUT2D eigenvalue weighted by molar-refractivity contribution is 5.85. The molecule has 0 unspecified atom stereocenters. The zero-order chi connectivity index (χ0) is 9.42. The Kier molecular flexibility index (Phi) is 3.45. The minimum absolute atomic E-state index is 0. The van der Waals surface area contributed by atoms with E-state index in [-0.39, 0.29) is 24.4 Å². The van der Waals surface area contributed by atoms with E-state index in [4.69, 9.17) is 5.73 Å². The number of halogens is 3. The highest BCUT2D eigenvalue weighted by Gasteiger charge is 2.29. The van der Waals surface area contributed by atoms with Crippen molar-refractivity contribution >= 4 is 12.4 Å². The molecule has 0 heterocycles. The van der Waals surface area contributed by atoms with Crippen LogP contribution in [0.15, 0.2) is 18.2 Å². The quantitative estimate of drug-likeness (QED) is 0.772. The van der Waals surface area contributed by atoms with Crippen molar-refractivity contribution in [1.82, 2.24) is 0 Å². The van der Waals surface area contributed by atoms with Crippen molar-refractivity contribution in [2.75, 3.05) is 0 Å². The molecule has 1 aliphatic rings. The Morgan fingerprint density at radius 2 is 1.86 bits per heavy atom. The van der Waals surface area contributed by atoms with Crippen LogP contribution in [0.3, 0.4) is 0 Å². The fourth-order valence-electron chi connectivity index (χ4n) is 1.75. The maximum absolute atomic E-state index is 13.2. The maximum atomic E-state index is 13.2. The molecular formula is C10H12ClF2N. The van der Waals surface area contributed by atoms with E-state index < -0.39 is 11.6 Å². The standard InChI is InChI=1S/C10H11F2N.ClH/c11-7-1-2-9(10(12)5-7)6-3-8(13)4-6;/h1-2,5-6,8H,3-4,13H2;1H. The van der Waals surface area contributed by atoms with Gasteiger partial charge >= 0.3 is 0 Å². The molecule has 14 heavy (non-hydrogen) atoms. The molecule has 0 atom stereocenters. The lowest BCUT2D eigenvalue weighted by molar-refractivity contribution is 0.341. The molecule has 0 spiro atoms. The van der Waals surface area contributed by atoms with Crippen molar-refractivity contribution in [3.63, 3.8) is 0 Å². The van der Waals surface area contributed by atoms with Crippen molar-refractivity contribution in [2.45, 2.75) is 24.8 Å². The molecule has 78 valence electrons. The summed E-state index contributed by atoms with van der Waals surface area (Å²) in [6, 6.07) is 3.93. The van der Waals surface area contributed by atoms with Crippen LogP contribution in [0.1, 0.15) is 24.3 Å². The minimum Gasteiger partial charge on any atom is -0.328 e. The van der Waals surface area contributed by atoms with Crippen LogP contribution in [-0.4, -0.2) is 6.04 Å². The third kappa shape index (κ3) is 2.04.